The van der Waals surface area contributed by atoms with E-state index >= 15 is 0 Å². The van der Waals surface area contributed by atoms with Gasteiger partial charge in [0.05, 0.1) is 12.0 Å². The third kappa shape index (κ3) is 3.42. The Morgan fingerprint density at radius 2 is 2.00 bits per heavy atom. The first-order chi connectivity index (χ1) is 7.29. The van der Waals surface area contributed by atoms with Gasteiger partial charge >= 0.3 is 0 Å². The zero-order valence-electron chi connectivity index (χ0n) is 9.19. The standard InChI is InChI=1S/C14H18O/c1-3-5-9-12(4-2)14(15)13-10-7-6-8-11-13/h2,6-8,10-12,14-15H,3,5,9H2,1H3/t12-,14-/m0/s1. The smallest absolute Gasteiger partial charge is 0.0927 e. The summed E-state index contributed by atoms with van der Waals surface area (Å²) in [5.41, 5.74) is 0.913. The van der Waals surface area contributed by atoms with Gasteiger partial charge in [-0.2, -0.15) is 0 Å². The number of terminal acetylenes is 1. The maximum atomic E-state index is 10.1. The van der Waals surface area contributed by atoms with E-state index in [-0.39, 0.29) is 5.92 Å². The summed E-state index contributed by atoms with van der Waals surface area (Å²) in [6.07, 6.45) is 7.99. The highest BCUT2D eigenvalue weighted by molar-refractivity contribution is 5.20. The number of hydrogen-bond donors (Lipinski definition) is 1. The molecule has 0 aromatic heterocycles. The van der Waals surface area contributed by atoms with Crippen molar-refractivity contribution in [2.75, 3.05) is 0 Å². The van der Waals surface area contributed by atoms with Crippen molar-refractivity contribution >= 4 is 0 Å². The summed E-state index contributed by atoms with van der Waals surface area (Å²) in [6.45, 7) is 2.13. The summed E-state index contributed by atoms with van der Waals surface area (Å²) in [4.78, 5) is 0. The third-order valence-corrected chi connectivity index (χ3v) is 2.60. The highest BCUT2D eigenvalue weighted by atomic mass is 16.3. The molecule has 0 aliphatic rings. The summed E-state index contributed by atoms with van der Waals surface area (Å²) < 4.78 is 0. The summed E-state index contributed by atoms with van der Waals surface area (Å²) >= 11 is 0. The molecule has 0 aliphatic heterocycles. The molecule has 0 aliphatic carbocycles. The van der Waals surface area contributed by atoms with Crippen molar-refractivity contribution in [1.82, 2.24) is 0 Å². The fourth-order valence-electron chi connectivity index (χ4n) is 1.64. The molecule has 0 spiro atoms. The van der Waals surface area contributed by atoms with Crippen LogP contribution in [0.3, 0.4) is 0 Å². The summed E-state index contributed by atoms with van der Waals surface area (Å²) in [6, 6.07) is 9.62. The molecular formula is C14H18O. The van der Waals surface area contributed by atoms with Crippen molar-refractivity contribution in [1.29, 1.82) is 0 Å². The summed E-state index contributed by atoms with van der Waals surface area (Å²) in [7, 11) is 0. The Morgan fingerprint density at radius 1 is 1.33 bits per heavy atom. The van der Waals surface area contributed by atoms with Crippen molar-refractivity contribution in [3.8, 4) is 12.3 Å². The van der Waals surface area contributed by atoms with Crippen molar-refractivity contribution in [3.63, 3.8) is 0 Å². The molecule has 15 heavy (non-hydrogen) atoms. The lowest BCUT2D eigenvalue weighted by Gasteiger charge is -2.17. The monoisotopic (exact) mass is 202 g/mol. The van der Waals surface area contributed by atoms with E-state index in [1.54, 1.807) is 0 Å². The molecule has 1 N–H and O–H groups in total. The van der Waals surface area contributed by atoms with Gasteiger partial charge in [-0.1, -0.05) is 50.1 Å². The molecule has 0 amide bonds. The van der Waals surface area contributed by atoms with Crippen LogP contribution in [0.5, 0.6) is 0 Å². The van der Waals surface area contributed by atoms with E-state index in [0.29, 0.717) is 0 Å². The van der Waals surface area contributed by atoms with Gasteiger partial charge in [0, 0.05) is 0 Å². The molecule has 1 aromatic carbocycles. The quantitative estimate of drug-likeness (QED) is 0.727. The molecule has 1 heteroatoms. The highest BCUT2D eigenvalue weighted by Gasteiger charge is 2.17. The van der Waals surface area contributed by atoms with Crippen LogP contribution in [0.15, 0.2) is 30.3 Å². The number of benzene rings is 1. The fraction of sp³-hybridized carbons (Fsp3) is 0.429. The molecule has 0 bridgehead atoms. The van der Waals surface area contributed by atoms with Crippen LogP contribution in [0.2, 0.25) is 0 Å². The first kappa shape index (κ1) is 11.8. The zero-order valence-corrected chi connectivity index (χ0v) is 9.19. The molecule has 1 aromatic rings. The molecule has 0 unspecified atom stereocenters. The number of unbranched alkanes of at least 4 members (excludes halogenated alkanes) is 1. The van der Waals surface area contributed by atoms with Crippen LogP contribution in [-0.2, 0) is 0 Å². The lowest BCUT2D eigenvalue weighted by molar-refractivity contribution is 0.130. The first-order valence-electron chi connectivity index (χ1n) is 5.48. The van der Waals surface area contributed by atoms with Crippen LogP contribution in [0.1, 0.15) is 37.9 Å². The van der Waals surface area contributed by atoms with Gasteiger partial charge in [-0.15, -0.1) is 12.3 Å². The van der Waals surface area contributed by atoms with E-state index in [2.05, 4.69) is 12.8 Å². The number of aliphatic hydroxyl groups excluding tert-OH is 1. The maximum absolute atomic E-state index is 10.1. The average Bonchev–Trinajstić information content (AvgIpc) is 2.31. The van der Waals surface area contributed by atoms with Crippen LogP contribution in [0, 0.1) is 18.3 Å². The Kier molecular flexibility index (Phi) is 4.93. The van der Waals surface area contributed by atoms with E-state index in [4.69, 9.17) is 6.42 Å². The van der Waals surface area contributed by atoms with Crippen molar-refractivity contribution < 1.29 is 5.11 Å². The van der Waals surface area contributed by atoms with E-state index in [9.17, 15) is 5.11 Å². The number of hydrogen-bond acceptors (Lipinski definition) is 1. The minimum absolute atomic E-state index is 0.0626. The second-order valence-electron chi connectivity index (χ2n) is 3.77. The molecule has 80 valence electrons. The van der Waals surface area contributed by atoms with Gasteiger partial charge in [-0.05, 0) is 12.0 Å². The van der Waals surface area contributed by atoms with Crippen LogP contribution in [-0.4, -0.2) is 5.11 Å². The molecule has 1 nitrogen and oxygen atoms in total. The van der Waals surface area contributed by atoms with Gasteiger partial charge in [0.15, 0.2) is 0 Å². The Balaban J connectivity index is 2.66. The van der Waals surface area contributed by atoms with Crippen molar-refractivity contribution in [2.24, 2.45) is 5.92 Å². The molecular weight excluding hydrogens is 184 g/mol. The molecule has 0 heterocycles. The summed E-state index contributed by atoms with van der Waals surface area (Å²) in [5, 5.41) is 10.1. The molecule has 0 saturated carbocycles. The number of aliphatic hydroxyl groups is 1. The average molecular weight is 202 g/mol. The third-order valence-electron chi connectivity index (χ3n) is 2.60. The first-order valence-corrected chi connectivity index (χ1v) is 5.48. The van der Waals surface area contributed by atoms with Gasteiger partial charge in [-0.25, -0.2) is 0 Å². The fourth-order valence-corrected chi connectivity index (χ4v) is 1.64. The van der Waals surface area contributed by atoms with Gasteiger partial charge in [-0.3, -0.25) is 0 Å². The second-order valence-corrected chi connectivity index (χ2v) is 3.77. The molecule has 0 radical (unpaired) electrons. The lowest BCUT2D eigenvalue weighted by Crippen LogP contribution is -2.10. The zero-order chi connectivity index (χ0) is 11.1. The van der Waals surface area contributed by atoms with E-state index < -0.39 is 6.10 Å². The van der Waals surface area contributed by atoms with E-state index in [0.717, 1.165) is 24.8 Å². The lowest BCUT2D eigenvalue weighted by atomic mass is 9.92. The summed E-state index contributed by atoms with van der Waals surface area (Å²) in [5.74, 6) is 2.62. The van der Waals surface area contributed by atoms with Crippen LogP contribution in [0.25, 0.3) is 0 Å². The van der Waals surface area contributed by atoms with E-state index in [1.165, 1.54) is 0 Å². The Bertz CT molecular complexity index is 310. The van der Waals surface area contributed by atoms with Gasteiger partial charge in [0.2, 0.25) is 0 Å². The van der Waals surface area contributed by atoms with Crippen molar-refractivity contribution in [3.05, 3.63) is 35.9 Å². The molecule has 0 saturated heterocycles. The minimum Gasteiger partial charge on any atom is -0.387 e. The van der Waals surface area contributed by atoms with Crippen LogP contribution in [0.4, 0.5) is 0 Å². The Labute approximate surface area is 92.1 Å². The largest absolute Gasteiger partial charge is 0.387 e. The Hall–Kier alpha value is -1.26. The van der Waals surface area contributed by atoms with Gasteiger partial charge < -0.3 is 5.11 Å². The predicted octanol–water partition coefficient (Wildman–Crippen LogP) is 3.16. The predicted molar refractivity (Wildman–Crippen MR) is 63.2 cm³/mol. The maximum Gasteiger partial charge on any atom is 0.0927 e. The van der Waals surface area contributed by atoms with E-state index in [1.807, 2.05) is 30.3 Å². The van der Waals surface area contributed by atoms with Gasteiger partial charge in [0.25, 0.3) is 0 Å². The van der Waals surface area contributed by atoms with Gasteiger partial charge in [0.1, 0.15) is 0 Å². The topological polar surface area (TPSA) is 20.2 Å². The molecule has 1 rings (SSSR count). The normalized spacial score (nSPS) is 14.2. The number of rotatable bonds is 5. The molecule has 0 fully saturated rings. The second kappa shape index (κ2) is 6.27. The van der Waals surface area contributed by atoms with Crippen LogP contribution >= 0.6 is 0 Å². The minimum atomic E-state index is -0.525. The van der Waals surface area contributed by atoms with Crippen LogP contribution < -0.4 is 0 Å². The SMILES string of the molecule is C#C[C@@H](CCCC)[C@H](O)c1ccccc1. The highest BCUT2D eigenvalue weighted by Crippen LogP contribution is 2.25. The molecule has 2 atom stereocenters. The Morgan fingerprint density at radius 3 is 2.53 bits per heavy atom. The van der Waals surface area contributed by atoms with Crippen molar-refractivity contribution in [2.45, 2.75) is 32.3 Å².